The molecule has 7 heteroatoms. The highest BCUT2D eigenvalue weighted by Crippen LogP contribution is 2.22. The van der Waals surface area contributed by atoms with Crippen molar-refractivity contribution in [3.8, 4) is 0 Å². The fraction of sp³-hybridized carbons (Fsp3) is 0.400. The van der Waals surface area contributed by atoms with Crippen LogP contribution in [0.2, 0.25) is 0 Å². The van der Waals surface area contributed by atoms with Crippen molar-refractivity contribution in [2.45, 2.75) is 6.10 Å². The molecule has 0 aromatic heterocycles. The summed E-state index contributed by atoms with van der Waals surface area (Å²) in [6, 6.07) is 5.70. The second-order valence-corrected chi connectivity index (χ2v) is 5.43. The lowest BCUT2D eigenvalue weighted by Crippen LogP contribution is -2.21. The van der Waals surface area contributed by atoms with Crippen LogP contribution < -0.4 is 9.84 Å². The van der Waals surface area contributed by atoms with Crippen molar-refractivity contribution in [2.75, 3.05) is 24.4 Å². The standard InChI is InChI=1S/C10H15FN2O3S/c1-12-7-10(14)8-4-3-5-9(6-8)13(11)17(2,15)16/h3-6,10,12,14H,7H2,1-2H3. The van der Waals surface area contributed by atoms with Crippen molar-refractivity contribution >= 4 is 15.7 Å². The number of nitrogens with zero attached hydrogens (tertiary/aromatic N) is 1. The number of rotatable bonds is 5. The van der Waals surface area contributed by atoms with E-state index < -0.39 is 16.1 Å². The number of anilines is 1. The summed E-state index contributed by atoms with van der Waals surface area (Å²) in [6.45, 7) is 0.300. The van der Waals surface area contributed by atoms with Crippen LogP contribution in [-0.2, 0) is 10.0 Å². The summed E-state index contributed by atoms with van der Waals surface area (Å²) in [4.78, 5) is 0. The van der Waals surface area contributed by atoms with Gasteiger partial charge in [-0.3, -0.25) is 0 Å². The SMILES string of the molecule is CNCC(O)c1cccc(N(F)S(C)(=O)=O)c1. The predicted octanol–water partition coefficient (Wildman–Crippen LogP) is 0.590. The van der Waals surface area contributed by atoms with E-state index in [9.17, 15) is 18.0 Å². The van der Waals surface area contributed by atoms with Crippen LogP contribution in [0.4, 0.5) is 10.2 Å². The van der Waals surface area contributed by atoms with Crippen LogP contribution in [-0.4, -0.2) is 33.4 Å². The fourth-order valence-corrected chi connectivity index (χ4v) is 1.84. The van der Waals surface area contributed by atoms with Crippen molar-refractivity contribution in [3.63, 3.8) is 0 Å². The van der Waals surface area contributed by atoms with Gasteiger partial charge in [-0.1, -0.05) is 16.6 Å². The summed E-state index contributed by atoms with van der Waals surface area (Å²) in [6.07, 6.45) is -0.0446. The number of sulfonamides is 1. The molecule has 0 aliphatic heterocycles. The Kier molecular flexibility index (Phi) is 4.44. The highest BCUT2D eigenvalue weighted by Gasteiger charge is 2.18. The first-order chi connectivity index (χ1) is 7.86. The molecule has 0 saturated carbocycles. The number of benzene rings is 1. The third kappa shape index (κ3) is 3.65. The van der Waals surface area contributed by atoms with Gasteiger partial charge in [-0.15, -0.1) is 4.53 Å². The van der Waals surface area contributed by atoms with Crippen LogP contribution in [0.5, 0.6) is 0 Å². The molecule has 1 unspecified atom stereocenters. The van der Waals surface area contributed by atoms with Crippen LogP contribution in [0.1, 0.15) is 11.7 Å². The zero-order valence-corrected chi connectivity index (χ0v) is 10.4. The molecule has 0 aliphatic carbocycles. The van der Waals surface area contributed by atoms with Gasteiger partial charge in [-0.2, -0.15) is 0 Å². The molecule has 0 heterocycles. The summed E-state index contributed by atoms with van der Waals surface area (Å²) in [7, 11) is -2.27. The summed E-state index contributed by atoms with van der Waals surface area (Å²) >= 11 is 0. The van der Waals surface area contributed by atoms with E-state index in [4.69, 9.17) is 0 Å². The Labute approximate surface area is 99.9 Å². The van der Waals surface area contributed by atoms with Crippen molar-refractivity contribution in [3.05, 3.63) is 29.8 Å². The third-order valence-electron chi connectivity index (χ3n) is 2.15. The third-order valence-corrected chi connectivity index (χ3v) is 2.94. The lowest BCUT2D eigenvalue weighted by atomic mass is 10.1. The maximum atomic E-state index is 13.4. The van der Waals surface area contributed by atoms with Gasteiger partial charge in [0.25, 0.3) is 10.0 Å². The molecule has 0 amide bonds. The van der Waals surface area contributed by atoms with Crippen LogP contribution in [0.3, 0.4) is 0 Å². The molecular formula is C10H15FN2O3S. The first-order valence-corrected chi connectivity index (χ1v) is 6.80. The van der Waals surface area contributed by atoms with Crippen molar-refractivity contribution in [1.29, 1.82) is 0 Å². The molecule has 0 radical (unpaired) electrons. The molecule has 0 saturated heterocycles. The minimum absolute atomic E-state index is 0.125. The van der Waals surface area contributed by atoms with Crippen molar-refractivity contribution < 1.29 is 18.0 Å². The summed E-state index contributed by atoms with van der Waals surface area (Å²) in [5, 5.41) is 12.4. The summed E-state index contributed by atoms with van der Waals surface area (Å²) in [5.74, 6) is 0. The zero-order chi connectivity index (χ0) is 13.1. The van der Waals surface area contributed by atoms with Gasteiger partial charge in [0.2, 0.25) is 0 Å². The molecule has 0 spiro atoms. The monoisotopic (exact) mass is 262 g/mol. The lowest BCUT2D eigenvalue weighted by Gasteiger charge is -2.14. The van der Waals surface area contributed by atoms with E-state index in [-0.39, 0.29) is 10.2 Å². The van der Waals surface area contributed by atoms with Gasteiger partial charge in [-0.25, -0.2) is 8.42 Å². The maximum absolute atomic E-state index is 13.4. The fourth-order valence-electron chi connectivity index (χ4n) is 1.34. The highest BCUT2D eigenvalue weighted by atomic mass is 32.2. The molecule has 0 aliphatic rings. The van der Waals surface area contributed by atoms with Crippen LogP contribution in [0.25, 0.3) is 0 Å². The molecule has 5 nitrogen and oxygen atoms in total. The first-order valence-electron chi connectivity index (χ1n) is 4.95. The van der Waals surface area contributed by atoms with Crippen LogP contribution >= 0.6 is 0 Å². The minimum Gasteiger partial charge on any atom is -0.387 e. The van der Waals surface area contributed by atoms with Crippen molar-refractivity contribution in [1.82, 2.24) is 5.32 Å². The molecule has 1 aromatic carbocycles. The number of hydrogen-bond acceptors (Lipinski definition) is 4. The zero-order valence-electron chi connectivity index (χ0n) is 9.59. The minimum atomic E-state index is -3.94. The average molecular weight is 262 g/mol. The van der Waals surface area contributed by atoms with E-state index in [0.717, 1.165) is 6.26 Å². The molecule has 17 heavy (non-hydrogen) atoms. The summed E-state index contributed by atoms with van der Waals surface area (Å²) < 4.78 is 35.1. The van der Waals surface area contributed by atoms with Gasteiger partial charge >= 0.3 is 0 Å². The Morgan fingerprint density at radius 1 is 1.53 bits per heavy atom. The van der Waals surface area contributed by atoms with E-state index in [1.165, 1.54) is 18.2 Å². The first kappa shape index (κ1) is 13.9. The normalized spacial score (nSPS) is 13.4. The number of nitrogens with one attached hydrogen (secondary N) is 1. The summed E-state index contributed by atoms with van der Waals surface area (Å²) in [5.41, 5.74) is 0.323. The molecular weight excluding hydrogens is 247 g/mol. The van der Waals surface area contributed by atoms with Gasteiger partial charge in [0.15, 0.2) is 0 Å². The molecule has 96 valence electrons. The van der Waals surface area contributed by atoms with E-state index in [1.807, 2.05) is 0 Å². The van der Waals surface area contributed by atoms with Gasteiger partial charge < -0.3 is 10.4 Å². The van der Waals surface area contributed by atoms with E-state index in [1.54, 1.807) is 13.1 Å². The van der Waals surface area contributed by atoms with Gasteiger partial charge in [-0.05, 0) is 24.7 Å². The lowest BCUT2D eigenvalue weighted by molar-refractivity contribution is 0.178. The smallest absolute Gasteiger partial charge is 0.258 e. The number of hydrogen-bond donors (Lipinski definition) is 2. The number of aliphatic hydroxyl groups is 1. The maximum Gasteiger partial charge on any atom is 0.258 e. The van der Waals surface area contributed by atoms with E-state index in [0.29, 0.717) is 12.1 Å². The molecule has 1 atom stereocenters. The number of aliphatic hydroxyl groups excluding tert-OH is 1. The molecule has 0 bridgehead atoms. The molecule has 2 N–H and O–H groups in total. The largest absolute Gasteiger partial charge is 0.387 e. The Morgan fingerprint density at radius 2 is 2.18 bits per heavy atom. The Balaban J connectivity index is 3.01. The molecule has 0 fully saturated rings. The molecule has 1 rings (SSSR count). The second-order valence-electron chi connectivity index (χ2n) is 3.65. The Bertz CT molecular complexity index is 478. The van der Waals surface area contributed by atoms with E-state index >= 15 is 0 Å². The highest BCUT2D eigenvalue weighted by molar-refractivity contribution is 7.91. The van der Waals surface area contributed by atoms with Crippen LogP contribution in [0, 0.1) is 0 Å². The second kappa shape index (κ2) is 5.44. The van der Waals surface area contributed by atoms with Crippen molar-refractivity contribution in [2.24, 2.45) is 0 Å². The Hall–Kier alpha value is -1.18. The van der Waals surface area contributed by atoms with Crippen LogP contribution in [0.15, 0.2) is 24.3 Å². The topological polar surface area (TPSA) is 69.6 Å². The predicted molar refractivity (Wildman–Crippen MR) is 63.8 cm³/mol. The Morgan fingerprint density at radius 3 is 2.71 bits per heavy atom. The average Bonchev–Trinajstić information content (AvgIpc) is 2.27. The van der Waals surface area contributed by atoms with Gasteiger partial charge in [0.05, 0.1) is 18.0 Å². The quantitative estimate of drug-likeness (QED) is 0.762. The molecule has 1 aromatic rings. The number of halogens is 1. The number of likely N-dealkylation sites (N-methyl/N-ethyl adjacent to an activating group) is 1. The van der Waals surface area contributed by atoms with Gasteiger partial charge in [0.1, 0.15) is 0 Å². The van der Waals surface area contributed by atoms with Gasteiger partial charge in [0, 0.05) is 6.54 Å². The van der Waals surface area contributed by atoms with E-state index in [2.05, 4.69) is 5.32 Å².